The van der Waals surface area contributed by atoms with Gasteiger partial charge >= 0.3 is 0 Å². The normalized spacial score (nSPS) is 13.0. The lowest BCUT2D eigenvalue weighted by Gasteiger charge is -2.06. The van der Waals surface area contributed by atoms with Gasteiger partial charge in [-0.3, -0.25) is 9.59 Å². The van der Waals surface area contributed by atoms with Gasteiger partial charge < -0.3 is 10.6 Å². The van der Waals surface area contributed by atoms with Crippen molar-refractivity contribution in [2.75, 3.05) is 11.9 Å². The van der Waals surface area contributed by atoms with E-state index in [-0.39, 0.29) is 11.8 Å². The second kappa shape index (κ2) is 8.07. The molecule has 5 nitrogen and oxygen atoms in total. The lowest BCUT2D eigenvalue weighted by Crippen LogP contribution is -2.25. The van der Waals surface area contributed by atoms with Crippen molar-refractivity contribution in [2.24, 2.45) is 0 Å². The summed E-state index contributed by atoms with van der Waals surface area (Å²) in [5.41, 5.74) is 2.46. The van der Waals surface area contributed by atoms with Crippen LogP contribution in [0.15, 0.2) is 36.9 Å². The number of hydrogen-bond donors (Lipinski definition) is 2. The number of amides is 2. The lowest BCUT2D eigenvalue weighted by molar-refractivity contribution is -0.111. The Bertz CT molecular complexity index is 757. The molecule has 0 saturated carbocycles. The van der Waals surface area contributed by atoms with Crippen LogP contribution in [0.2, 0.25) is 0 Å². The van der Waals surface area contributed by atoms with Crippen LogP contribution in [0.5, 0.6) is 0 Å². The maximum atomic E-state index is 12.2. The largest absolute Gasteiger partial charge is 0.352 e. The van der Waals surface area contributed by atoms with Gasteiger partial charge in [0.25, 0.3) is 5.91 Å². The Morgan fingerprint density at radius 1 is 1.20 bits per heavy atom. The quantitative estimate of drug-likeness (QED) is 0.782. The zero-order valence-corrected chi connectivity index (χ0v) is 14.8. The van der Waals surface area contributed by atoms with Gasteiger partial charge in [-0.05, 0) is 56.0 Å². The van der Waals surface area contributed by atoms with E-state index in [9.17, 15) is 9.59 Å². The number of nitrogens with zero attached hydrogens (tertiary/aromatic N) is 1. The van der Waals surface area contributed by atoms with Crippen molar-refractivity contribution in [3.63, 3.8) is 0 Å². The van der Waals surface area contributed by atoms with Crippen LogP contribution in [-0.4, -0.2) is 23.3 Å². The standard InChI is InChI=1S/C19H21N3O2S/c1-2-17(23)21-14-9-7-13(8-10-14)19(24)20-12-11-18-22-15-5-3-4-6-16(15)25-18/h2,7-10H,1,3-6,11-12H2,(H,20,24)(H,21,23). The SMILES string of the molecule is C=CC(=O)Nc1ccc(C(=O)NCCc2nc3c(s2)CCCC3)cc1. The highest BCUT2D eigenvalue weighted by Gasteiger charge is 2.15. The summed E-state index contributed by atoms with van der Waals surface area (Å²) in [6.07, 6.45) is 6.69. The molecule has 0 aliphatic heterocycles. The first-order valence-corrected chi connectivity index (χ1v) is 9.26. The molecule has 2 aromatic rings. The van der Waals surface area contributed by atoms with Crippen LogP contribution in [0.1, 0.15) is 38.8 Å². The van der Waals surface area contributed by atoms with E-state index in [1.807, 2.05) is 0 Å². The predicted octanol–water partition coefficient (Wildman–Crippen LogP) is 3.12. The predicted molar refractivity (Wildman–Crippen MR) is 100 cm³/mol. The summed E-state index contributed by atoms with van der Waals surface area (Å²) in [5.74, 6) is -0.397. The van der Waals surface area contributed by atoms with Gasteiger partial charge in [0, 0.05) is 29.1 Å². The average molecular weight is 355 g/mol. The molecule has 0 fully saturated rings. The van der Waals surface area contributed by atoms with E-state index in [0.717, 1.165) is 24.3 Å². The van der Waals surface area contributed by atoms with Crippen molar-refractivity contribution in [3.05, 3.63) is 58.1 Å². The van der Waals surface area contributed by atoms with Crippen LogP contribution in [-0.2, 0) is 24.1 Å². The fourth-order valence-electron chi connectivity index (χ4n) is 2.80. The first-order chi connectivity index (χ1) is 12.2. The number of rotatable bonds is 6. The van der Waals surface area contributed by atoms with Gasteiger partial charge in [0.1, 0.15) is 0 Å². The molecular weight excluding hydrogens is 334 g/mol. The molecule has 1 aromatic carbocycles. The van der Waals surface area contributed by atoms with Crippen LogP contribution in [0, 0.1) is 0 Å². The zero-order chi connectivity index (χ0) is 17.6. The highest BCUT2D eigenvalue weighted by molar-refractivity contribution is 7.11. The van der Waals surface area contributed by atoms with E-state index in [4.69, 9.17) is 0 Å². The molecule has 25 heavy (non-hydrogen) atoms. The summed E-state index contributed by atoms with van der Waals surface area (Å²) < 4.78 is 0. The summed E-state index contributed by atoms with van der Waals surface area (Å²) in [6.45, 7) is 3.97. The van der Waals surface area contributed by atoms with Crippen LogP contribution < -0.4 is 10.6 Å². The molecule has 1 aliphatic rings. The fourth-order valence-corrected chi connectivity index (χ4v) is 3.95. The number of fused-ring (bicyclic) bond motifs is 1. The van der Waals surface area contributed by atoms with E-state index in [1.165, 1.54) is 29.5 Å². The maximum absolute atomic E-state index is 12.2. The van der Waals surface area contributed by atoms with Gasteiger partial charge in [-0.25, -0.2) is 4.98 Å². The van der Waals surface area contributed by atoms with Gasteiger partial charge in [0.15, 0.2) is 0 Å². The number of aryl methyl sites for hydroxylation is 2. The zero-order valence-electron chi connectivity index (χ0n) is 14.0. The van der Waals surface area contributed by atoms with Gasteiger partial charge in [-0.15, -0.1) is 11.3 Å². The summed E-state index contributed by atoms with van der Waals surface area (Å²) in [7, 11) is 0. The molecule has 0 radical (unpaired) electrons. The number of hydrogen-bond acceptors (Lipinski definition) is 4. The number of thiazole rings is 1. The highest BCUT2D eigenvalue weighted by Crippen LogP contribution is 2.26. The molecule has 2 amide bonds. The van der Waals surface area contributed by atoms with Crippen molar-refractivity contribution < 1.29 is 9.59 Å². The highest BCUT2D eigenvalue weighted by atomic mass is 32.1. The Morgan fingerprint density at radius 3 is 2.68 bits per heavy atom. The third-order valence-corrected chi connectivity index (χ3v) is 5.33. The minimum absolute atomic E-state index is 0.122. The molecule has 3 rings (SSSR count). The van der Waals surface area contributed by atoms with E-state index >= 15 is 0 Å². The molecule has 1 aliphatic carbocycles. The Hall–Kier alpha value is -2.47. The minimum atomic E-state index is -0.275. The molecule has 0 unspecified atom stereocenters. The molecule has 2 N–H and O–H groups in total. The smallest absolute Gasteiger partial charge is 0.251 e. The Morgan fingerprint density at radius 2 is 1.96 bits per heavy atom. The number of carbonyl (C=O) groups is 2. The van der Waals surface area contributed by atoms with Crippen LogP contribution in [0.25, 0.3) is 0 Å². The van der Waals surface area contributed by atoms with E-state index < -0.39 is 0 Å². The van der Waals surface area contributed by atoms with Gasteiger partial charge in [0.2, 0.25) is 5.91 Å². The first-order valence-electron chi connectivity index (χ1n) is 8.45. The third-order valence-electron chi connectivity index (χ3n) is 4.11. The molecule has 1 heterocycles. The fraction of sp³-hybridized carbons (Fsp3) is 0.316. The molecule has 0 saturated heterocycles. The van der Waals surface area contributed by atoms with Crippen molar-refractivity contribution in [1.82, 2.24) is 10.3 Å². The Kier molecular flexibility index (Phi) is 5.60. The lowest BCUT2D eigenvalue weighted by atomic mass is 10.0. The van der Waals surface area contributed by atoms with E-state index in [1.54, 1.807) is 35.6 Å². The number of nitrogens with one attached hydrogen (secondary N) is 2. The van der Waals surface area contributed by atoms with Crippen molar-refractivity contribution in [1.29, 1.82) is 0 Å². The second-order valence-electron chi connectivity index (χ2n) is 5.96. The average Bonchev–Trinajstić information content (AvgIpc) is 3.05. The molecule has 0 bridgehead atoms. The summed E-state index contributed by atoms with van der Waals surface area (Å²) in [6, 6.07) is 6.78. The first kappa shape index (κ1) is 17.4. The number of benzene rings is 1. The summed E-state index contributed by atoms with van der Waals surface area (Å²) in [4.78, 5) is 29.5. The monoisotopic (exact) mass is 355 g/mol. The number of anilines is 1. The van der Waals surface area contributed by atoms with Crippen molar-refractivity contribution in [3.8, 4) is 0 Å². The third kappa shape index (κ3) is 4.54. The molecule has 1 aromatic heterocycles. The Labute approximate surface area is 151 Å². The van der Waals surface area contributed by atoms with Crippen LogP contribution in [0.4, 0.5) is 5.69 Å². The van der Waals surface area contributed by atoms with E-state index in [0.29, 0.717) is 17.8 Å². The van der Waals surface area contributed by atoms with Crippen molar-refractivity contribution in [2.45, 2.75) is 32.1 Å². The molecule has 130 valence electrons. The van der Waals surface area contributed by atoms with E-state index in [2.05, 4.69) is 22.2 Å². The molecule has 6 heteroatoms. The number of carbonyl (C=O) groups excluding carboxylic acids is 2. The Balaban J connectivity index is 1.49. The van der Waals surface area contributed by atoms with Crippen LogP contribution >= 0.6 is 11.3 Å². The number of aromatic nitrogens is 1. The minimum Gasteiger partial charge on any atom is -0.352 e. The van der Waals surface area contributed by atoms with Gasteiger partial charge in [-0.1, -0.05) is 6.58 Å². The summed E-state index contributed by atoms with van der Waals surface area (Å²) >= 11 is 1.78. The van der Waals surface area contributed by atoms with Gasteiger partial charge in [0.05, 0.1) is 10.7 Å². The second-order valence-corrected chi connectivity index (χ2v) is 7.13. The summed E-state index contributed by atoms with van der Waals surface area (Å²) in [5, 5.41) is 6.68. The van der Waals surface area contributed by atoms with Gasteiger partial charge in [-0.2, -0.15) is 0 Å². The van der Waals surface area contributed by atoms with Crippen LogP contribution in [0.3, 0.4) is 0 Å². The maximum Gasteiger partial charge on any atom is 0.251 e. The molecular formula is C19H21N3O2S. The topological polar surface area (TPSA) is 71.1 Å². The molecule has 0 atom stereocenters. The molecule has 0 spiro atoms. The van der Waals surface area contributed by atoms with Crippen molar-refractivity contribution >= 4 is 28.8 Å².